The van der Waals surface area contributed by atoms with Crippen molar-refractivity contribution in [3.63, 3.8) is 0 Å². The van der Waals surface area contributed by atoms with Crippen LogP contribution in [0.2, 0.25) is 0 Å². The van der Waals surface area contributed by atoms with Crippen molar-refractivity contribution in [2.24, 2.45) is 11.1 Å². The molecule has 0 heterocycles. The Morgan fingerprint density at radius 3 is 2.24 bits per heavy atom. The maximum Gasteiger partial charge on any atom is 0.325 e. The minimum atomic E-state index is -0.613. The monoisotopic (exact) mass is 244 g/mol. The predicted molar refractivity (Wildman–Crippen MR) is 66.3 cm³/mol. The Morgan fingerprint density at radius 2 is 1.94 bits per heavy atom. The summed E-state index contributed by atoms with van der Waals surface area (Å²) in [7, 11) is 1.31. The molecule has 5 heteroatoms. The molecule has 1 unspecified atom stereocenters. The Bertz CT molecular complexity index is 273. The van der Waals surface area contributed by atoms with Crippen LogP contribution < -0.4 is 5.73 Å². The summed E-state index contributed by atoms with van der Waals surface area (Å²) in [5, 5.41) is 0. The van der Waals surface area contributed by atoms with Gasteiger partial charge in [-0.3, -0.25) is 9.59 Å². The Hall–Kier alpha value is -1.10. The first-order valence-electron chi connectivity index (χ1n) is 5.90. The highest BCUT2D eigenvalue weighted by molar-refractivity contribution is 5.86. The molecule has 0 saturated heterocycles. The van der Waals surface area contributed by atoms with Crippen LogP contribution in [0.1, 0.15) is 34.1 Å². The zero-order valence-corrected chi connectivity index (χ0v) is 11.4. The molecular weight excluding hydrogens is 220 g/mol. The van der Waals surface area contributed by atoms with E-state index in [1.54, 1.807) is 0 Å². The minimum Gasteiger partial charge on any atom is -0.468 e. The zero-order valence-electron chi connectivity index (χ0n) is 11.4. The molecule has 0 radical (unpaired) electrons. The minimum absolute atomic E-state index is 0.0252. The van der Waals surface area contributed by atoms with Crippen molar-refractivity contribution in [1.82, 2.24) is 4.90 Å². The average Bonchev–Trinajstić information content (AvgIpc) is 2.33. The van der Waals surface area contributed by atoms with E-state index >= 15 is 0 Å². The van der Waals surface area contributed by atoms with Crippen LogP contribution in [0.15, 0.2) is 0 Å². The summed E-state index contributed by atoms with van der Waals surface area (Å²) in [6.07, 6.45) is 0.646. The average molecular weight is 244 g/mol. The van der Waals surface area contributed by atoms with Crippen molar-refractivity contribution >= 4 is 11.9 Å². The molecule has 100 valence electrons. The van der Waals surface area contributed by atoms with E-state index in [1.165, 1.54) is 12.0 Å². The van der Waals surface area contributed by atoms with Gasteiger partial charge in [0.25, 0.3) is 0 Å². The standard InChI is InChI=1S/C12H24N2O3/c1-6-12(4,8-13)11(16)14(9(2)3)7-10(15)17-5/h9H,6-8,13H2,1-5H3. The third-order valence-corrected chi connectivity index (χ3v) is 3.16. The van der Waals surface area contributed by atoms with Crippen LogP contribution >= 0.6 is 0 Å². The molecule has 0 aliphatic rings. The number of nitrogens with zero attached hydrogens (tertiary/aromatic N) is 1. The van der Waals surface area contributed by atoms with E-state index in [2.05, 4.69) is 4.74 Å². The number of carbonyl (C=O) groups is 2. The fraction of sp³-hybridized carbons (Fsp3) is 0.833. The van der Waals surface area contributed by atoms with Crippen LogP contribution in [-0.4, -0.2) is 43.0 Å². The highest BCUT2D eigenvalue weighted by Crippen LogP contribution is 2.23. The van der Waals surface area contributed by atoms with E-state index in [-0.39, 0.29) is 25.0 Å². The smallest absolute Gasteiger partial charge is 0.325 e. The molecule has 0 aromatic rings. The molecule has 0 aliphatic heterocycles. The number of carbonyl (C=O) groups excluding carboxylic acids is 2. The van der Waals surface area contributed by atoms with Crippen LogP contribution in [0.5, 0.6) is 0 Å². The van der Waals surface area contributed by atoms with Crippen molar-refractivity contribution in [2.75, 3.05) is 20.2 Å². The van der Waals surface area contributed by atoms with Gasteiger partial charge in [-0.15, -0.1) is 0 Å². The third kappa shape index (κ3) is 4.00. The van der Waals surface area contributed by atoms with Gasteiger partial charge in [-0.05, 0) is 27.2 Å². The van der Waals surface area contributed by atoms with Gasteiger partial charge in [0.1, 0.15) is 6.54 Å². The number of hydrogen-bond donors (Lipinski definition) is 1. The van der Waals surface area contributed by atoms with Gasteiger partial charge in [-0.2, -0.15) is 0 Å². The van der Waals surface area contributed by atoms with Gasteiger partial charge in [0.15, 0.2) is 0 Å². The zero-order chi connectivity index (χ0) is 13.6. The maximum absolute atomic E-state index is 12.4. The molecule has 0 bridgehead atoms. The van der Waals surface area contributed by atoms with Crippen LogP contribution in [-0.2, 0) is 14.3 Å². The molecule has 1 atom stereocenters. The number of amides is 1. The van der Waals surface area contributed by atoms with Crippen molar-refractivity contribution in [2.45, 2.75) is 40.2 Å². The molecule has 0 fully saturated rings. The Balaban J connectivity index is 4.94. The highest BCUT2D eigenvalue weighted by atomic mass is 16.5. The largest absolute Gasteiger partial charge is 0.468 e. The first-order valence-corrected chi connectivity index (χ1v) is 5.90. The number of methoxy groups -OCH3 is 1. The number of rotatable bonds is 6. The quantitative estimate of drug-likeness (QED) is 0.700. The molecular formula is C12H24N2O3. The van der Waals surface area contributed by atoms with Gasteiger partial charge in [-0.1, -0.05) is 6.92 Å². The summed E-state index contributed by atoms with van der Waals surface area (Å²) in [6, 6.07) is -0.0565. The molecule has 0 aliphatic carbocycles. The molecule has 0 spiro atoms. The molecule has 0 saturated carbocycles. The second-order valence-electron chi connectivity index (χ2n) is 4.72. The second kappa shape index (κ2) is 6.59. The van der Waals surface area contributed by atoms with Gasteiger partial charge in [0.05, 0.1) is 12.5 Å². The van der Waals surface area contributed by atoms with E-state index in [0.29, 0.717) is 6.42 Å². The lowest BCUT2D eigenvalue weighted by Gasteiger charge is -2.34. The van der Waals surface area contributed by atoms with E-state index in [9.17, 15) is 9.59 Å². The van der Waals surface area contributed by atoms with Gasteiger partial charge in [0, 0.05) is 12.6 Å². The summed E-state index contributed by atoms with van der Waals surface area (Å²) in [5.74, 6) is -0.509. The molecule has 1 amide bonds. The lowest BCUT2D eigenvalue weighted by atomic mass is 9.85. The topological polar surface area (TPSA) is 72.6 Å². The Labute approximate surface area is 103 Å². The van der Waals surface area contributed by atoms with Crippen LogP contribution in [0.4, 0.5) is 0 Å². The lowest BCUT2D eigenvalue weighted by Crippen LogP contribution is -2.50. The number of hydrogen-bond acceptors (Lipinski definition) is 4. The first-order chi connectivity index (χ1) is 7.82. The molecule has 2 N–H and O–H groups in total. The molecule has 17 heavy (non-hydrogen) atoms. The normalized spacial score (nSPS) is 14.3. The summed E-state index contributed by atoms with van der Waals surface area (Å²) >= 11 is 0. The summed E-state index contributed by atoms with van der Waals surface area (Å²) in [6.45, 7) is 7.72. The highest BCUT2D eigenvalue weighted by Gasteiger charge is 2.35. The molecule has 0 aromatic heterocycles. The molecule has 0 rings (SSSR count). The Kier molecular flexibility index (Phi) is 6.16. The van der Waals surface area contributed by atoms with Gasteiger partial charge < -0.3 is 15.4 Å². The van der Waals surface area contributed by atoms with Crippen molar-refractivity contribution in [3.05, 3.63) is 0 Å². The fourth-order valence-corrected chi connectivity index (χ4v) is 1.42. The maximum atomic E-state index is 12.4. The number of esters is 1. The van der Waals surface area contributed by atoms with Crippen LogP contribution in [0.3, 0.4) is 0 Å². The summed E-state index contributed by atoms with van der Waals surface area (Å²) < 4.78 is 4.60. The Morgan fingerprint density at radius 1 is 1.41 bits per heavy atom. The van der Waals surface area contributed by atoms with Gasteiger partial charge in [-0.25, -0.2) is 0 Å². The molecule has 0 aromatic carbocycles. The van der Waals surface area contributed by atoms with Crippen molar-refractivity contribution in [1.29, 1.82) is 0 Å². The van der Waals surface area contributed by atoms with E-state index in [1.807, 2.05) is 27.7 Å². The van der Waals surface area contributed by atoms with E-state index in [0.717, 1.165) is 0 Å². The van der Waals surface area contributed by atoms with E-state index < -0.39 is 11.4 Å². The number of nitrogens with two attached hydrogens (primary N) is 1. The van der Waals surface area contributed by atoms with Crippen molar-refractivity contribution in [3.8, 4) is 0 Å². The molecule has 5 nitrogen and oxygen atoms in total. The van der Waals surface area contributed by atoms with Crippen LogP contribution in [0, 0.1) is 5.41 Å². The SMILES string of the molecule is CCC(C)(CN)C(=O)N(CC(=O)OC)C(C)C. The van der Waals surface area contributed by atoms with Gasteiger partial charge >= 0.3 is 5.97 Å². The first kappa shape index (κ1) is 15.9. The van der Waals surface area contributed by atoms with Crippen LogP contribution in [0.25, 0.3) is 0 Å². The van der Waals surface area contributed by atoms with Crippen molar-refractivity contribution < 1.29 is 14.3 Å². The van der Waals surface area contributed by atoms with Gasteiger partial charge in [0.2, 0.25) is 5.91 Å². The number of ether oxygens (including phenoxy) is 1. The second-order valence-corrected chi connectivity index (χ2v) is 4.72. The lowest BCUT2D eigenvalue weighted by molar-refractivity contribution is -0.152. The summed E-state index contributed by atoms with van der Waals surface area (Å²) in [4.78, 5) is 25.2. The third-order valence-electron chi connectivity index (χ3n) is 3.16. The van der Waals surface area contributed by atoms with E-state index in [4.69, 9.17) is 5.73 Å². The summed E-state index contributed by atoms with van der Waals surface area (Å²) in [5.41, 5.74) is 5.04. The fourth-order valence-electron chi connectivity index (χ4n) is 1.42. The predicted octanol–water partition coefficient (Wildman–Crippen LogP) is 0.771.